The molecule has 0 bridgehead atoms. The Labute approximate surface area is 192 Å². The van der Waals surface area contributed by atoms with E-state index in [1.54, 1.807) is 0 Å². The van der Waals surface area contributed by atoms with Crippen molar-refractivity contribution in [2.45, 2.75) is 31.8 Å². The van der Waals surface area contributed by atoms with Crippen molar-refractivity contribution in [2.75, 3.05) is 44.2 Å². The van der Waals surface area contributed by atoms with Crippen molar-refractivity contribution >= 4 is 5.82 Å². The Balaban J connectivity index is 1.23. The van der Waals surface area contributed by atoms with Gasteiger partial charge < -0.3 is 4.90 Å². The van der Waals surface area contributed by atoms with E-state index in [1.807, 2.05) is 12.3 Å². The number of anilines is 1. The Hall–Kier alpha value is -2.69. The molecule has 3 heterocycles. The molecule has 2 aliphatic heterocycles. The summed E-state index contributed by atoms with van der Waals surface area (Å²) in [6.45, 7) is 8.90. The summed E-state index contributed by atoms with van der Waals surface area (Å²) in [5.41, 5.74) is 4.25. The number of hydrogen-bond donors (Lipinski definition) is 0. The zero-order valence-corrected chi connectivity index (χ0v) is 19.1. The predicted molar refractivity (Wildman–Crippen MR) is 132 cm³/mol. The van der Waals surface area contributed by atoms with Crippen LogP contribution in [0.1, 0.15) is 36.1 Å². The van der Waals surface area contributed by atoms with Crippen LogP contribution in [-0.4, -0.2) is 60.1 Å². The van der Waals surface area contributed by atoms with Crippen molar-refractivity contribution in [3.05, 3.63) is 95.7 Å². The van der Waals surface area contributed by atoms with E-state index in [9.17, 15) is 0 Å². The van der Waals surface area contributed by atoms with Gasteiger partial charge in [-0.3, -0.25) is 9.80 Å². The highest BCUT2D eigenvalue weighted by molar-refractivity contribution is 5.38. The van der Waals surface area contributed by atoms with Gasteiger partial charge in [0.05, 0.1) is 6.04 Å². The summed E-state index contributed by atoms with van der Waals surface area (Å²) in [5, 5.41) is 0. The Kier molecular flexibility index (Phi) is 6.51. The van der Waals surface area contributed by atoms with Crippen molar-refractivity contribution in [2.24, 2.45) is 0 Å². The normalized spacial score (nSPS) is 19.0. The number of aryl methyl sites for hydroxylation is 1. The first-order chi connectivity index (χ1) is 15.8. The van der Waals surface area contributed by atoms with Crippen LogP contribution in [0, 0.1) is 0 Å². The van der Waals surface area contributed by atoms with E-state index >= 15 is 0 Å². The molecule has 166 valence electrons. The monoisotopic (exact) mass is 426 g/mol. The third-order valence-corrected chi connectivity index (χ3v) is 7.01. The maximum atomic E-state index is 4.53. The van der Waals surface area contributed by atoms with Gasteiger partial charge in [-0.25, -0.2) is 4.98 Å². The lowest BCUT2D eigenvalue weighted by atomic mass is 9.91. The lowest BCUT2D eigenvalue weighted by molar-refractivity contribution is 0.0116. The lowest BCUT2D eigenvalue weighted by Gasteiger charge is -2.51. The molecule has 0 aliphatic carbocycles. The van der Waals surface area contributed by atoms with Gasteiger partial charge in [0.25, 0.3) is 0 Å². The number of benzene rings is 2. The minimum Gasteiger partial charge on any atom is -0.354 e. The van der Waals surface area contributed by atoms with E-state index < -0.39 is 0 Å². The van der Waals surface area contributed by atoms with Crippen LogP contribution in [0.4, 0.5) is 5.82 Å². The van der Waals surface area contributed by atoms with Gasteiger partial charge in [-0.2, -0.15) is 0 Å². The van der Waals surface area contributed by atoms with Crippen LogP contribution >= 0.6 is 0 Å². The average molecular weight is 427 g/mol. The van der Waals surface area contributed by atoms with Crippen LogP contribution in [0.3, 0.4) is 0 Å². The molecule has 2 fully saturated rings. The molecule has 0 saturated carbocycles. The molecule has 0 spiro atoms. The van der Waals surface area contributed by atoms with Gasteiger partial charge in [-0.1, -0.05) is 74.0 Å². The highest BCUT2D eigenvalue weighted by atomic mass is 15.4. The molecule has 0 N–H and O–H groups in total. The Morgan fingerprint density at radius 3 is 2.16 bits per heavy atom. The first kappa shape index (κ1) is 21.2. The summed E-state index contributed by atoms with van der Waals surface area (Å²) in [6.07, 6.45) is 4.25. The highest BCUT2D eigenvalue weighted by Gasteiger charge is 2.38. The minimum absolute atomic E-state index is 0.345. The highest BCUT2D eigenvalue weighted by Crippen LogP contribution is 2.34. The predicted octanol–water partition coefficient (Wildman–Crippen LogP) is 4.63. The minimum atomic E-state index is 0.345. The summed E-state index contributed by atoms with van der Waals surface area (Å²) in [5.74, 6) is 1.11. The third kappa shape index (κ3) is 4.57. The molecule has 3 aromatic rings. The SMILES string of the molecule is CCCc1ccc(C(c2ccccc2)N2CC(N3CCN(c4ccccn4)CC3)C2)cc1. The second kappa shape index (κ2) is 9.85. The van der Waals surface area contributed by atoms with Gasteiger partial charge in [0.15, 0.2) is 0 Å². The molecule has 1 atom stereocenters. The number of piperazine rings is 1. The van der Waals surface area contributed by atoms with Gasteiger partial charge in [-0.05, 0) is 35.2 Å². The van der Waals surface area contributed by atoms with Crippen LogP contribution in [-0.2, 0) is 6.42 Å². The summed E-state index contributed by atoms with van der Waals surface area (Å²) in [7, 11) is 0. The summed E-state index contributed by atoms with van der Waals surface area (Å²) >= 11 is 0. The molecular weight excluding hydrogens is 392 g/mol. The fourth-order valence-electron chi connectivity index (χ4n) is 5.19. The maximum Gasteiger partial charge on any atom is 0.128 e. The van der Waals surface area contributed by atoms with Crippen molar-refractivity contribution in [1.82, 2.24) is 14.8 Å². The van der Waals surface area contributed by atoms with Crippen LogP contribution in [0.25, 0.3) is 0 Å². The van der Waals surface area contributed by atoms with E-state index in [0.717, 1.165) is 51.5 Å². The Morgan fingerprint density at radius 2 is 1.50 bits per heavy atom. The van der Waals surface area contributed by atoms with Crippen molar-refractivity contribution < 1.29 is 0 Å². The van der Waals surface area contributed by atoms with Crippen LogP contribution in [0.15, 0.2) is 79.0 Å². The number of rotatable bonds is 7. The average Bonchev–Trinajstić information content (AvgIpc) is 2.83. The fourth-order valence-corrected chi connectivity index (χ4v) is 5.19. The molecule has 1 unspecified atom stereocenters. The summed E-state index contributed by atoms with van der Waals surface area (Å²) in [6, 6.07) is 27.6. The number of pyridine rings is 1. The second-order valence-corrected chi connectivity index (χ2v) is 9.12. The Morgan fingerprint density at radius 1 is 0.812 bits per heavy atom. The van der Waals surface area contributed by atoms with E-state index in [0.29, 0.717) is 12.1 Å². The molecule has 0 amide bonds. The molecule has 2 saturated heterocycles. The number of nitrogens with zero attached hydrogens (tertiary/aromatic N) is 4. The molecule has 0 radical (unpaired) electrons. The molecule has 4 heteroatoms. The smallest absolute Gasteiger partial charge is 0.128 e. The molecule has 1 aromatic heterocycles. The topological polar surface area (TPSA) is 22.6 Å². The first-order valence-electron chi connectivity index (χ1n) is 12.1. The van der Waals surface area contributed by atoms with Gasteiger partial charge >= 0.3 is 0 Å². The molecule has 4 nitrogen and oxygen atoms in total. The van der Waals surface area contributed by atoms with Crippen LogP contribution < -0.4 is 4.90 Å². The largest absolute Gasteiger partial charge is 0.354 e. The van der Waals surface area contributed by atoms with Gasteiger partial charge in [0.2, 0.25) is 0 Å². The quantitative estimate of drug-likeness (QED) is 0.549. The van der Waals surface area contributed by atoms with Gasteiger partial charge in [0.1, 0.15) is 5.82 Å². The third-order valence-electron chi connectivity index (χ3n) is 7.01. The summed E-state index contributed by atoms with van der Waals surface area (Å²) in [4.78, 5) is 12.3. The molecule has 2 aromatic carbocycles. The molecule has 5 rings (SSSR count). The first-order valence-corrected chi connectivity index (χ1v) is 12.1. The zero-order chi connectivity index (χ0) is 21.8. The van der Waals surface area contributed by atoms with E-state index in [-0.39, 0.29) is 0 Å². The number of likely N-dealkylation sites (tertiary alicyclic amines) is 1. The molecule has 32 heavy (non-hydrogen) atoms. The van der Waals surface area contributed by atoms with Gasteiger partial charge in [-0.15, -0.1) is 0 Å². The van der Waals surface area contributed by atoms with Crippen molar-refractivity contribution in [3.63, 3.8) is 0 Å². The fraction of sp³-hybridized carbons (Fsp3) is 0.393. The number of aromatic nitrogens is 1. The maximum absolute atomic E-state index is 4.53. The van der Waals surface area contributed by atoms with Gasteiger partial charge in [0, 0.05) is 51.5 Å². The molecule has 2 aliphatic rings. The second-order valence-electron chi connectivity index (χ2n) is 9.12. The van der Waals surface area contributed by atoms with E-state index in [4.69, 9.17) is 0 Å². The Bertz CT molecular complexity index is 959. The lowest BCUT2D eigenvalue weighted by Crippen LogP contribution is -2.63. The van der Waals surface area contributed by atoms with E-state index in [2.05, 4.69) is 93.3 Å². The summed E-state index contributed by atoms with van der Waals surface area (Å²) < 4.78 is 0. The van der Waals surface area contributed by atoms with Crippen LogP contribution in [0.5, 0.6) is 0 Å². The van der Waals surface area contributed by atoms with Crippen molar-refractivity contribution in [1.29, 1.82) is 0 Å². The standard InChI is InChI=1S/C28H34N4/c1-2-8-23-12-14-25(15-13-23)28(24-9-4-3-5-10-24)32-21-26(22-32)30-17-19-31(20-18-30)27-11-6-7-16-29-27/h3-7,9-16,26,28H,2,8,17-22H2,1H3. The number of hydrogen-bond acceptors (Lipinski definition) is 4. The zero-order valence-electron chi connectivity index (χ0n) is 19.1. The van der Waals surface area contributed by atoms with Crippen molar-refractivity contribution in [3.8, 4) is 0 Å². The van der Waals surface area contributed by atoms with Crippen LogP contribution in [0.2, 0.25) is 0 Å². The van der Waals surface area contributed by atoms with E-state index in [1.165, 1.54) is 23.1 Å². The molecular formula is C28H34N4.